The van der Waals surface area contributed by atoms with Crippen LogP contribution in [0.15, 0.2) is 24.3 Å². The third-order valence-electron chi connectivity index (χ3n) is 3.22. The fourth-order valence-electron chi connectivity index (χ4n) is 2.12. The Hall–Kier alpha value is -2.42. The van der Waals surface area contributed by atoms with E-state index in [0.717, 1.165) is 11.5 Å². The number of carbonyl (C=O) groups excluding carboxylic acids is 1. The number of nitriles is 2. The molecule has 114 valence electrons. The molecule has 1 amide bonds. The van der Waals surface area contributed by atoms with Gasteiger partial charge in [0.15, 0.2) is 11.4 Å². The number of aromatic nitrogens is 2. The number of nitrogens with one attached hydrogen (secondary N) is 2. The summed E-state index contributed by atoms with van der Waals surface area (Å²) in [6.07, 6.45) is 0. The first-order valence-corrected chi connectivity index (χ1v) is 8.85. The number of anilines is 1. The summed E-state index contributed by atoms with van der Waals surface area (Å²) in [6, 6.07) is 11.1. The van der Waals surface area contributed by atoms with Crippen molar-refractivity contribution >= 4 is 35.4 Å². The van der Waals surface area contributed by atoms with Gasteiger partial charge in [0.2, 0.25) is 5.95 Å². The summed E-state index contributed by atoms with van der Waals surface area (Å²) in [5.41, 5.74) is 1.70. The molecule has 6 nitrogen and oxygen atoms in total. The predicted octanol–water partition coefficient (Wildman–Crippen LogP) is 2.88. The molecule has 2 heterocycles. The van der Waals surface area contributed by atoms with Crippen LogP contribution in [0, 0.1) is 22.7 Å². The molecule has 1 aliphatic heterocycles. The van der Waals surface area contributed by atoms with Crippen LogP contribution in [-0.2, 0) is 0 Å². The third kappa shape index (κ3) is 3.34. The van der Waals surface area contributed by atoms with Crippen molar-refractivity contribution in [3.63, 3.8) is 0 Å². The number of rotatable bonds is 3. The molecule has 0 bridgehead atoms. The number of hydrogen-bond acceptors (Lipinski definition) is 6. The van der Waals surface area contributed by atoms with Crippen LogP contribution >= 0.6 is 23.5 Å². The number of benzene rings is 1. The minimum Gasteiger partial charge on any atom is -0.314 e. The lowest BCUT2D eigenvalue weighted by molar-refractivity contribution is 0.102. The number of aromatic amines is 1. The highest BCUT2D eigenvalue weighted by molar-refractivity contribution is 8.19. The molecule has 2 N–H and O–H groups in total. The van der Waals surface area contributed by atoms with E-state index in [0.29, 0.717) is 10.1 Å². The number of hydrogen-bond donors (Lipinski definition) is 2. The molecule has 1 aromatic carbocycles. The highest BCUT2D eigenvalue weighted by atomic mass is 32.2. The van der Waals surface area contributed by atoms with E-state index in [1.807, 2.05) is 41.7 Å². The van der Waals surface area contributed by atoms with Crippen molar-refractivity contribution in [1.29, 1.82) is 10.5 Å². The zero-order valence-corrected chi connectivity index (χ0v) is 13.5. The highest BCUT2D eigenvalue weighted by Gasteiger charge is 2.19. The lowest BCUT2D eigenvalue weighted by atomic mass is 10.1. The van der Waals surface area contributed by atoms with Crippen molar-refractivity contribution in [2.24, 2.45) is 0 Å². The SMILES string of the molecule is N#Cc1nc(NC(=O)c2ccc(C3SCCS3)cc2)[nH]c1C#N. The molecule has 0 unspecified atom stereocenters. The van der Waals surface area contributed by atoms with Crippen LogP contribution < -0.4 is 5.32 Å². The number of imidazole rings is 1. The van der Waals surface area contributed by atoms with E-state index >= 15 is 0 Å². The van der Waals surface area contributed by atoms with Gasteiger partial charge in [0.05, 0.1) is 4.58 Å². The summed E-state index contributed by atoms with van der Waals surface area (Å²) < 4.78 is 0.438. The second kappa shape index (κ2) is 6.78. The largest absolute Gasteiger partial charge is 0.314 e. The summed E-state index contributed by atoms with van der Waals surface area (Å²) in [5.74, 6) is 2.05. The standard InChI is InChI=1S/C15H11N5OS2/c16-7-11-12(8-17)19-15(18-11)20-13(21)9-1-3-10(4-2-9)14-22-5-6-23-14/h1-4,14H,5-6H2,(H2,18,19,20,21). The molecular weight excluding hydrogens is 330 g/mol. The van der Waals surface area contributed by atoms with E-state index in [1.165, 1.54) is 5.56 Å². The Morgan fingerprint density at radius 3 is 2.48 bits per heavy atom. The average molecular weight is 341 g/mol. The van der Waals surface area contributed by atoms with Crippen LogP contribution in [0.5, 0.6) is 0 Å². The van der Waals surface area contributed by atoms with E-state index in [4.69, 9.17) is 10.5 Å². The molecule has 8 heteroatoms. The van der Waals surface area contributed by atoms with Crippen LogP contribution in [0.4, 0.5) is 5.95 Å². The maximum Gasteiger partial charge on any atom is 0.257 e. The van der Waals surface area contributed by atoms with E-state index < -0.39 is 0 Å². The summed E-state index contributed by atoms with van der Waals surface area (Å²) in [6.45, 7) is 0. The average Bonchev–Trinajstić information content (AvgIpc) is 3.24. The number of thioether (sulfide) groups is 2. The van der Waals surface area contributed by atoms with E-state index in [1.54, 1.807) is 18.2 Å². The Bertz CT molecular complexity index is 778. The lowest BCUT2D eigenvalue weighted by Crippen LogP contribution is -2.13. The van der Waals surface area contributed by atoms with Gasteiger partial charge in [-0.05, 0) is 17.7 Å². The van der Waals surface area contributed by atoms with Crippen molar-refractivity contribution in [2.45, 2.75) is 4.58 Å². The molecule has 1 saturated heterocycles. The minimum atomic E-state index is -0.342. The van der Waals surface area contributed by atoms with Gasteiger partial charge in [0, 0.05) is 17.1 Å². The van der Waals surface area contributed by atoms with Gasteiger partial charge in [-0.25, -0.2) is 4.98 Å². The van der Waals surface area contributed by atoms with Gasteiger partial charge in [-0.15, -0.1) is 23.5 Å². The molecule has 0 radical (unpaired) electrons. The first kappa shape index (κ1) is 15.5. The number of carbonyl (C=O) groups is 1. The first-order valence-electron chi connectivity index (χ1n) is 6.76. The van der Waals surface area contributed by atoms with Gasteiger partial charge in [-0.2, -0.15) is 10.5 Å². The molecule has 0 spiro atoms. The Morgan fingerprint density at radius 2 is 1.91 bits per heavy atom. The molecule has 2 aromatic rings. The highest BCUT2D eigenvalue weighted by Crippen LogP contribution is 2.45. The predicted molar refractivity (Wildman–Crippen MR) is 90.1 cm³/mol. The molecule has 0 saturated carbocycles. The fourth-order valence-corrected chi connectivity index (χ4v) is 4.98. The van der Waals surface area contributed by atoms with Gasteiger partial charge in [-0.1, -0.05) is 12.1 Å². The van der Waals surface area contributed by atoms with Gasteiger partial charge in [0.1, 0.15) is 12.1 Å². The van der Waals surface area contributed by atoms with Gasteiger partial charge in [0.25, 0.3) is 5.91 Å². The number of nitrogens with zero attached hydrogens (tertiary/aromatic N) is 3. The van der Waals surface area contributed by atoms with Crippen molar-refractivity contribution in [2.75, 3.05) is 16.8 Å². The van der Waals surface area contributed by atoms with E-state index in [2.05, 4.69) is 15.3 Å². The number of amides is 1. The Morgan fingerprint density at radius 1 is 1.22 bits per heavy atom. The summed E-state index contributed by atoms with van der Waals surface area (Å²) in [4.78, 5) is 18.7. The van der Waals surface area contributed by atoms with Crippen LogP contribution in [-0.4, -0.2) is 27.4 Å². The monoisotopic (exact) mass is 341 g/mol. The summed E-state index contributed by atoms with van der Waals surface area (Å²) >= 11 is 3.82. The Balaban J connectivity index is 1.72. The molecule has 1 aromatic heterocycles. The zero-order valence-electron chi connectivity index (χ0n) is 11.9. The third-order valence-corrected chi connectivity index (χ3v) is 6.32. The lowest BCUT2D eigenvalue weighted by Gasteiger charge is -2.09. The van der Waals surface area contributed by atoms with Gasteiger partial charge < -0.3 is 4.98 Å². The zero-order chi connectivity index (χ0) is 16.2. The second-order valence-electron chi connectivity index (χ2n) is 4.68. The molecular formula is C15H11N5OS2. The van der Waals surface area contributed by atoms with Crippen LogP contribution in [0.2, 0.25) is 0 Å². The van der Waals surface area contributed by atoms with Crippen molar-refractivity contribution < 1.29 is 4.79 Å². The minimum absolute atomic E-state index is 0.0339. The Labute approximate surface area is 141 Å². The smallest absolute Gasteiger partial charge is 0.257 e. The molecule has 1 fully saturated rings. The maximum absolute atomic E-state index is 12.2. The maximum atomic E-state index is 12.2. The van der Waals surface area contributed by atoms with Gasteiger partial charge in [-0.3, -0.25) is 10.1 Å². The molecule has 1 aliphatic rings. The Kier molecular flexibility index (Phi) is 4.56. The second-order valence-corrected chi connectivity index (χ2v) is 7.41. The summed E-state index contributed by atoms with van der Waals surface area (Å²) in [7, 11) is 0. The van der Waals surface area contributed by atoms with Crippen molar-refractivity contribution in [3.05, 3.63) is 46.8 Å². The fraction of sp³-hybridized carbons (Fsp3) is 0.200. The molecule has 0 atom stereocenters. The van der Waals surface area contributed by atoms with E-state index in [-0.39, 0.29) is 23.2 Å². The van der Waals surface area contributed by atoms with Crippen molar-refractivity contribution in [1.82, 2.24) is 9.97 Å². The quantitative estimate of drug-likeness (QED) is 0.889. The summed E-state index contributed by atoms with van der Waals surface area (Å²) in [5, 5.41) is 20.3. The number of H-pyrrole nitrogens is 1. The van der Waals surface area contributed by atoms with Gasteiger partial charge >= 0.3 is 0 Å². The topological polar surface area (TPSA) is 105 Å². The molecule has 0 aliphatic carbocycles. The van der Waals surface area contributed by atoms with Crippen LogP contribution in [0.25, 0.3) is 0 Å². The first-order chi connectivity index (χ1) is 11.2. The van der Waals surface area contributed by atoms with Crippen molar-refractivity contribution in [3.8, 4) is 12.1 Å². The van der Waals surface area contributed by atoms with Crippen LogP contribution in [0.3, 0.4) is 0 Å². The molecule has 23 heavy (non-hydrogen) atoms. The molecule has 3 rings (SSSR count). The normalized spacial score (nSPS) is 14.2. The van der Waals surface area contributed by atoms with E-state index in [9.17, 15) is 4.79 Å². The van der Waals surface area contributed by atoms with Crippen LogP contribution in [0.1, 0.15) is 31.9 Å².